The van der Waals surface area contributed by atoms with Gasteiger partial charge in [-0.05, 0) is 18.6 Å². The number of carboxylic acids is 1. The molecule has 3 nitrogen and oxygen atoms in total. The first-order chi connectivity index (χ1) is 7.50. The quantitative estimate of drug-likeness (QED) is 0.845. The molecule has 0 amide bonds. The van der Waals surface area contributed by atoms with Crippen molar-refractivity contribution in [1.82, 2.24) is 0 Å². The van der Waals surface area contributed by atoms with Gasteiger partial charge in [0.25, 0.3) is 0 Å². The summed E-state index contributed by atoms with van der Waals surface area (Å²) in [6.07, 6.45) is 0.314. The van der Waals surface area contributed by atoms with Crippen LogP contribution in [0.1, 0.15) is 13.3 Å². The number of rotatable bonds is 5. The minimum absolute atomic E-state index is 0.151. The molecule has 1 aromatic rings. The second kappa shape index (κ2) is 5.44. The van der Waals surface area contributed by atoms with E-state index in [0.717, 1.165) is 12.1 Å². The standard InChI is InChI=1S/C11H12F2O3/c1-7(11(14)15)4-5-16-8-2-3-9(12)10(13)6-8/h2-3,6-7H,4-5H2,1H3,(H,14,15). The van der Waals surface area contributed by atoms with E-state index < -0.39 is 23.5 Å². The Labute approximate surface area is 91.7 Å². The van der Waals surface area contributed by atoms with Gasteiger partial charge in [0.1, 0.15) is 5.75 Å². The van der Waals surface area contributed by atoms with E-state index in [-0.39, 0.29) is 12.4 Å². The number of ether oxygens (including phenoxy) is 1. The molecule has 0 saturated heterocycles. The molecule has 1 unspecified atom stereocenters. The molecule has 0 saturated carbocycles. The first-order valence-corrected chi connectivity index (χ1v) is 4.81. The van der Waals surface area contributed by atoms with Crippen molar-refractivity contribution in [2.24, 2.45) is 5.92 Å². The normalized spacial score (nSPS) is 12.2. The third-order valence-corrected chi connectivity index (χ3v) is 2.13. The Balaban J connectivity index is 2.43. The van der Waals surface area contributed by atoms with Crippen LogP contribution in [0.25, 0.3) is 0 Å². The summed E-state index contributed by atoms with van der Waals surface area (Å²) in [4.78, 5) is 10.5. The maximum Gasteiger partial charge on any atom is 0.306 e. The Morgan fingerprint density at radius 3 is 2.69 bits per heavy atom. The van der Waals surface area contributed by atoms with E-state index in [0.29, 0.717) is 6.42 Å². The zero-order chi connectivity index (χ0) is 12.1. The van der Waals surface area contributed by atoms with Crippen molar-refractivity contribution in [3.63, 3.8) is 0 Å². The minimum Gasteiger partial charge on any atom is -0.493 e. The predicted octanol–water partition coefficient (Wildman–Crippen LogP) is 2.45. The first-order valence-electron chi connectivity index (χ1n) is 4.81. The van der Waals surface area contributed by atoms with E-state index in [9.17, 15) is 13.6 Å². The molecule has 1 atom stereocenters. The second-order valence-corrected chi connectivity index (χ2v) is 3.45. The fraction of sp³-hybridized carbons (Fsp3) is 0.364. The Kier molecular flexibility index (Phi) is 4.22. The number of halogens is 2. The van der Waals surface area contributed by atoms with E-state index in [1.165, 1.54) is 6.07 Å². The summed E-state index contributed by atoms with van der Waals surface area (Å²) in [5.41, 5.74) is 0. The van der Waals surface area contributed by atoms with Gasteiger partial charge in [0.15, 0.2) is 11.6 Å². The highest BCUT2D eigenvalue weighted by molar-refractivity contribution is 5.69. The molecule has 0 aliphatic heterocycles. The number of hydrogen-bond donors (Lipinski definition) is 1. The largest absolute Gasteiger partial charge is 0.493 e. The number of carbonyl (C=O) groups is 1. The smallest absolute Gasteiger partial charge is 0.306 e. The van der Waals surface area contributed by atoms with Crippen molar-refractivity contribution in [1.29, 1.82) is 0 Å². The number of hydrogen-bond acceptors (Lipinski definition) is 2. The zero-order valence-corrected chi connectivity index (χ0v) is 8.74. The maximum absolute atomic E-state index is 12.7. The highest BCUT2D eigenvalue weighted by Gasteiger charge is 2.10. The average molecular weight is 230 g/mol. The lowest BCUT2D eigenvalue weighted by atomic mass is 10.1. The maximum atomic E-state index is 12.7. The fourth-order valence-electron chi connectivity index (χ4n) is 1.04. The van der Waals surface area contributed by atoms with Crippen LogP contribution in [0.5, 0.6) is 5.75 Å². The summed E-state index contributed by atoms with van der Waals surface area (Å²) in [6, 6.07) is 3.19. The number of benzene rings is 1. The molecule has 0 spiro atoms. The molecule has 0 radical (unpaired) electrons. The summed E-state index contributed by atoms with van der Waals surface area (Å²) in [5, 5.41) is 8.59. The van der Waals surface area contributed by atoms with Crippen molar-refractivity contribution in [3.05, 3.63) is 29.8 Å². The van der Waals surface area contributed by atoms with E-state index in [1.54, 1.807) is 6.92 Å². The van der Waals surface area contributed by atoms with Crippen molar-refractivity contribution >= 4 is 5.97 Å². The molecule has 0 aromatic heterocycles. The second-order valence-electron chi connectivity index (χ2n) is 3.45. The Bertz CT molecular complexity index is 379. The first kappa shape index (κ1) is 12.4. The third-order valence-electron chi connectivity index (χ3n) is 2.13. The van der Waals surface area contributed by atoms with Gasteiger partial charge in [0.05, 0.1) is 12.5 Å². The monoisotopic (exact) mass is 230 g/mol. The van der Waals surface area contributed by atoms with Crippen LogP contribution >= 0.6 is 0 Å². The summed E-state index contributed by atoms with van der Waals surface area (Å²) in [7, 11) is 0. The molecule has 88 valence electrons. The lowest BCUT2D eigenvalue weighted by molar-refractivity contribution is -0.141. The molecule has 5 heteroatoms. The van der Waals surface area contributed by atoms with Crippen LogP contribution in [0.15, 0.2) is 18.2 Å². The molecule has 0 bridgehead atoms. The van der Waals surface area contributed by atoms with Gasteiger partial charge in [-0.15, -0.1) is 0 Å². The molecule has 0 heterocycles. The zero-order valence-electron chi connectivity index (χ0n) is 8.74. The van der Waals surface area contributed by atoms with Crippen LogP contribution in [0.4, 0.5) is 8.78 Å². The van der Waals surface area contributed by atoms with Crippen LogP contribution in [0.3, 0.4) is 0 Å². The molecular formula is C11H12F2O3. The SMILES string of the molecule is CC(CCOc1ccc(F)c(F)c1)C(=O)O. The lowest BCUT2D eigenvalue weighted by Crippen LogP contribution is -2.13. The van der Waals surface area contributed by atoms with E-state index in [4.69, 9.17) is 9.84 Å². The van der Waals surface area contributed by atoms with Crippen LogP contribution in [-0.2, 0) is 4.79 Å². The molecule has 16 heavy (non-hydrogen) atoms. The predicted molar refractivity (Wildman–Crippen MR) is 53.3 cm³/mol. The van der Waals surface area contributed by atoms with Crippen LogP contribution < -0.4 is 4.74 Å². The molecule has 1 aromatic carbocycles. The van der Waals surface area contributed by atoms with Gasteiger partial charge >= 0.3 is 5.97 Å². The van der Waals surface area contributed by atoms with Crippen LogP contribution in [0, 0.1) is 17.6 Å². The van der Waals surface area contributed by atoms with Gasteiger partial charge in [0, 0.05) is 6.07 Å². The van der Waals surface area contributed by atoms with Gasteiger partial charge in [-0.2, -0.15) is 0 Å². The molecule has 0 aliphatic rings. The Morgan fingerprint density at radius 1 is 1.44 bits per heavy atom. The number of carboxylic acid groups (broad SMARTS) is 1. The summed E-state index contributed by atoms with van der Waals surface area (Å²) in [5.74, 6) is -3.16. The van der Waals surface area contributed by atoms with Crippen molar-refractivity contribution in [2.75, 3.05) is 6.61 Å². The van der Waals surface area contributed by atoms with E-state index in [2.05, 4.69) is 0 Å². The molecule has 1 N–H and O–H groups in total. The topological polar surface area (TPSA) is 46.5 Å². The molecular weight excluding hydrogens is 218 g/mol. The Hall–Kier alpha value is -1.65. The van der Waals surface area contributed by atoms with Gasteiger partial charge < -0.3 is 9.84 Å². The van der Waals surface area contributed by atoms with Crippen molar-refractivity contribution in [2.45, 2.75) is 13.3 Å². The third kappa shape index (κ3) is 3.49. The van der Waals surface area contributed by atoms with E-state index >= 15 is 0 Å². The lowest BCUT2D eigenvalue weighted by Gasteiger charge is -2.08. The van der Waals surface area contributed by atoms with Crippen molar-refractivity contribution < 1.29 is 23.4 Å². The highest BCUT2D eigenvalue weighted by Crippen LogP contribution is 2.16. The summed E-state index contributed by atoms with van der Waals surface area (Å²) < 4.78 is 30.4. The molecule has 1 rings (SSSR count). The summed E-state index contributed by atoms with van der Waals surface area (Å²) >= 11 is 0. The fourth-order valence-corrected chi connectivity index (χ4v) is 1.04. The Morgan fingerprint density at radius 2 is 2.12 bits per heavy atom. The van der Waals surface area contributed by atoms with Gasteiger partial charge in [0.2, 0.25) is 0 Å². The highest BCUT2D eigenvalue weighted by atomic mass is 19.2. The molecule has 0 aliphatic carbocycles. The summed E-state index contributed by atoms with van der Waals surface area (Å²) in [6.45, 7) is 1.70. The van der Waals surface area contributed by atoms with E-state index in [1.807, 2.05) is 0 Å². The van der Waals surface area contributed by atoms with Gasteiger partial charge in [-0.25, -0.2) is 8.78 Å². The van der Waals surface area contributed by atoms with Crippen molar-refractivity contribution in [3.8, 4) is 5.75 Å². The number of aliphatic carboxylic acids is 1. The molecule has 0 fully saturated rings. The van der Waals surface area contributed by atoms with Gasteiger partial charge in [-0.1, -0.05) is 6.92 Å². The minimum atomic E-state index is -0.983. The average Bonchev–Trinajstić information content (AvgIpc) is 2.23. The van der Waals surface area contributed by atoms with Crippen LogP contribution in [-0.4, -0.2) is 17.7 Å². The van der Waals surface area contributed by atoms with Gasteiger partial charge in [-0.3, -0.25) is 4.79 Å². The van der Waals surface area contributed by atoms with Crippen LogP contribution in [0.2, 0.25) is 0 Å².